The van der Waals surface area contributed by atoms with Gasteiger partial charge < -0.3 is 10.0 Å². The molecule has 17 heavy (non-hydrogen) atoms. The van der Waals surface area contributed by atoms with Crippen LogP contribution in [0.1, 0.15) is 29.4 Å². The number of amides is 1. The van der Waals surface area contributed by atoms with Crippen molar-refractivity contribution >= 4 is 5.91 Å². The van der Waals surface area contributed by atoms with Gasteiger partial charge in [0.2, 0.25) is 0 Å². The van der Waals surface area contributed by atoms with Crippen molar-refractivity contribution in [3.8, 4) is 0 Å². The Labute approximate surface area is 101 Å². The van der Waals surface area contributed by atoms with Crippen LogP contribution in [0.5, 0.6) is 0 Å². The first kappa shape index (κ1) is 12.0. The molecule has 2 atom stereocenters. The number of piperidine rings is 1. The molecule has 2 unspecified atom stereocenters. The zero-order valence-electron chi connectivity index (χ0n) is 10.3. The molecule has 2 heterocycles. The van der Waals surface area contributed by atoms with Crippen LogP contribution in [0.15, 0.2) is 18.3 Å². The number of rotatable bonds is 1. The van der Waals surface area contributed by atoms with Crippen LogP contribution in [0, 0.1) is 12.8 Å². The molecule has 0 aromatic carbocycles. The number of aliphatic hydroxyl groups excluding tert-OH is 1. The van der Waals surface area contributed by atoms with Crippen LogP contribution < -0.4 is 0 Å². The molecule has 4 heteroatoms. The van der Waals surface area contributed by atoms with Crippen molar-refractivity contribution in [2.75, 3.05) is 13.1 Å². The number of likely N-dealkylation sites (tertiary alicyclic amines) is 1. The molecule has 4 nitrogen and oxygen atoms in total. The molecule has 2 rings (SSSR count). The predicted molar refractivity (Wildman–Crippen MR) is 64.7 cm³/mol. The van der Waals surface area contributed by atoms with E-state index in [0.29, 0.717) is 18.7 Å². The number of carbonyl (C=O) groups excluding carboxylic acids is 1. The van der Waals surface area contributed by atoms with Crippen LogP contribution in [-0.2, 0) is 0 Å². The molecule has 0 aliphatic carbocycles. The summed E-state index contributed by atoms with van der Waals surface area (Å²) in [5.74, 6) is 0.235. The molecule has 1 aromatic rings. The fraction of sp³-hybridized carbons (Fsp3) is 0.538. The highest BCUT2D eigenvalue weighted by molar-refractivity contribution is 5.94. The molecule has 0 saturated carbocycles. The maximum atomic E-state index is 12.1. The lowest BCUT2D eigenvalue weighted by atomic mass is 9.95. The highest BCUT2D eigenvalue weighted by Crippen LogP contribution is 2.18. The second kappa shape index (κ2) is 4.84. The monoisotopic (exact) mass is 234 g/mol. The van der Waals surface area contributed by atoms with Gasteiger partial charge in [0.25, 0.3) is 5.91 Å². The maximum absolute atomic E-state index is 12.1. The van der Waals surface area contributed by atoms with Gasteiger partial charge >= 0.3 is 0 Å². The molecule has 0 radical (unpaired) electrons. The van der Waals surface area contributed by atoms with E-state index in [9.17, 15) is 9.90 Å². The summed E-state index contributed by atoms with van der Waals surface area (Å²) >= 11 is 0. The third-order valence-electron chi connectivity index (χ3n) is 3.36. The highest BCUT2D eigenvalue weighted by atomic mass is 16.3. The minimum absolute atomic E-state index is 0.0385. The number of aromatic nitrogens is 1. The summed E-state index contributed by atoms with van der Waals surface area (Å²) in [7, 11) is 0. The third-order valence-corrected chi connectivity index (χ3v) is 3.36. The Balaban J connectivity index is 2.08. The second-order valence-corrected chi connectivity index (χ2v) is 4.77. The molecule has 1 fully saturated rings. The van der Waals surface area contributed by atoms with Gasteiger partial charge in [-0.1, -0.05) is 6.92 Å². The summed E-state index contributed by atoms with van der Waals surface area (Å²) in [5.41, 5.74) is 1.49. The van der Waals surface area contributed by atoms with Gasteiger partial charge in [-0.3, -0.25) is 9.78 Å². The van der Waals surface area contributed by atoms with E-state index >= 15 is 0 Å². The number of aryl methyl sites for hydroxylation is 1. The van der Waals surface area contributed by atoms with E-state index in [2.05, 4.69) is 4.98 Å². The van der Waals surface area contributed by atoms with E-state index in [1.165, 1.54) is 0 Å². The van der Waals surface area contributed by atoms with Gasteiger partial charge in [-0.25, -0.2) is 0 Å². The van der Waals surface area contributed by atoms with Crippen molar-refractivity contribution in [3.05, 3.63) is 29.6 Å². The molecular formula is C13H18N2O2. The van der Waals surface area contributed by atoms with Crippen LogP contribution in [0.25, 0.3) is 0 Å². The number of nitrogens with zero attached hydrogens (tertiary/aromatic N) is 2. The van der Waals surface area contributed by atoms with Gasteiger partial charge in [0.1, 0.15) is 0 Å². The molecule has 1 N–H and O–H groups in total. The van der Waals surface area contributed by atoms with Crippen LogP contribution >= 0.6 is 0 Å². The van der Waals surface area contributed by atoms with Crippen molar-refractivity contribution in [3.63, 3.8) is 0 Å². The minimum Gasteiger partial charge on any atom is -0.391 e. The average molecular weight is 234 g/mol. The van der Waals surface area contributed by atoms with E-state index in [4.69, 9.17) is 0 Å². The number of aliphatic hydroxyl groups is 1. The van der Waals surface area contributed by atoms with Crippen molar-refractivity contribution in [2.24, 2.45) is 5.92 Å². The van der Waals surface area contributed by atoms with E-state index in [-0.39, 0.29) is 11.8 Å². The summed E-state index contributed by atoms with van der Waals surface area (Å²) in [6.45, 7) is 5.04. The Morgan fingerprint density at radius 1 is 1.53 bits per heavy atom. The van der Waals surface area contributed by atoms with Crippen molar-refractivity contribution in [1.82, 2.24) is 9.88 Å². The Morgan fingerprint density at radius 2 is 2.29 bits per heavy atom. The van der Waals surface area contributed by atoms with E-state index in [1.54, 1.807) is 17.2 Å². The van der Waals surface area contributed by atoms with Gasteiger partial charge in [-0.2, -0.15) is 0 Å². The lowest BCUT2D eigenvalue weighted by Crippen LogP contribution is -2.45. The zero-order chi connectivity index (χ0) is 12.4. The molecule has 1 aromatic heterocycles. The highest BCUT2D eigenvalue weighted by Gasteiger charge is 2.27. The third kappa shape index (κ3) is 2.64. The van der Waals surface area contributed by atoms with E-state index in [1.807, 2.05) is 19.9 Å². The van der Waals surface area contributed by atoms with Crippen LogP contribution in [-0.4, -0.2) is 40.1 Å². The summed E-state index contributed by atoms with van der Waals surface area (Å²) in [4.78, 5) is 18.0. The predicted octanol–water partition coefficient (Wildman–Crippen LogP) is 1.23. The molecule has 0 spiro atoms. The zero-order valence-corrected chi connectivity index (χ0v) is 10.3. The van der Waals surface area contributed by atoms with Gasteiger partial charge in [0.05, 0.1) is 11.7 Å². The SMILES string of the molecule is Cc1ccc(C(=O)N2CCC(C)C(O)C2)cn1. The first-order valence-corrected chi connectivity index (χ1v) is 5.98. The van der Waals surface area contributed by atoms with Crippen LogP contribution in [0.4, 0.5) is 0 Å². The largest absolute Gasteiger partial charge is 0.391 e. The summed E-state index contributed by atoms with van der Waals surface area (Å²) < 4.78 is 0. The van der Waals surface area contributed by atoms with Gasteiger partial charge in [-0.05, 0) is 31.4 Å². The smallest absolute Gasteiger partial charge is 0.255 e. The molecule has 1 saturated heterocycles. The fourth-order valence-electron chi connectivity index (χ4n) is 2.01. The van der Waals surface area contributed by atoms with Crippen molar-refractivity contribution in [1.29, 1.82) is 0 Å². The topological polar surface area (TPSA) is 53.4 Å². The molecule has 1 aliphatic heterocycles. The van der Waals surface area contributed by atoms with Gasteiger partial charge in [-0.15, -0.1) is 0 Å². The first-order chi connectivity index (χ1) is 8.08. The number of β-amino-alcohol motifs (C(OH)–C–C–N with tert-alkyl or cyclic N) is 1. The molecular weight excluding hydrogens is 216 g/mol. The van der Waals surface area contributed by atoms with Crippen molar-refractivity contribution in [2.45, 2.75) is 26.4 Å². The second-order valence-electron chi connectivity index (χ2n) is 4.77. The standard InChI is InChI=1S/C13H18N2O2/c1-9-5-6-15(8-12(9)16)13(17)11-4-3-10(2)14-7-11/h3-4,7,9,12,16H,5-6,8H2,1-2H3. The summed E-state index contributed by atoms with van der Waals surface area (Å²) in [6, 6.07) is 3.62. The number of carbonyl (C=O) groups is 1. The van der Waals surface area contributed by atoms with Gasteiger partial charge in [0.15, 0.2) is 0 Å². The molecule has 1 amide bonds. The maximum Gasteiger partial charge on any atom is 0.255 e. The Morgan fingerprint density at radius 3 is 2.88 bits per heavy atom. The lowest BCUT2D eigenvalue weighted by molar-refractivity contribution is 0.0248. The molecule has 92 valence electrons. The lowest BCUT2D eigenvalue weighted by Gasteiger charge is -2.34. The fourth-order valence-corrected chi connectivity index (χ4v) is 2.01. The minimum atomic E-state index is -0.411. The number of hydrogen-bond donors (Lipinski definition) is 1. The van der Waals surface area contributed by atoms with Gasteiger partial charge in [0, 0.05) is 25.0 Å². The average Bonchev–Trinajstić information content (AvgIpc) is 2.33. The van der Waals surface area contributed by atoms with Crippen molar-refractivity contribution < 1.29 is 9.90 Å². The molecule has 0 bridgehead atoms. The van der Waals surface area contributed by atoms with E-state index < -0.39 is 6.10 Å². The number of pyridine rings is 1. The summed E-state index contributed by atoms with van der Waals surface area (Å²) in [6.07, 6.45) is 2.04. The Kier molecular flexibility index (Phi) is 3.43. The molecule has 1 aliphatic rings. The first-order valence-electron chi connectivity index (χ1n) is 5.98. The quantitative estimate of drug-likeness (QED) is 0.795. The van der Waals surface area contributed by atoms with Crippen LogP contribution in [0.3, 0.4) is 0 Å². The van der Waals surface area contributed by atoms with E-state index in [0.717, 1.165) is 12.1 Å². The Hall–Kier alpha value is -1.42. The number of hydrogen-bond acceptors (Lipinski definition) is 3. The Bertz CT molecular complexity index is 402. The normalized spacial score (nSPS) is 24.8. The summed E-state index contributed by atoms with van der Waals surface area (Å²) in [5, 5.41) is 9.78. The van der Waals surface area contributed by atoms with Crippen LogP contribution in [0.2, 0.25) is 0 Å².